The zero-order valence-electron chi connectivity index (χ0n) is 13.1. The number of nitrogens with zero attached hydrogens (tertiary/aromatic N) is 1. The topological polar surface area (TPSA) is 31.1 Å². The van der Waals surface area contributed by atoms with Gasteiger partial charge in [-0.1, -0.05) is 24.6 Å². The zero-order valence-corrected chi connectivity index (χ0v) is 13.1. The summed E-state index contributed by atoms with van der Waals surface area (Å²) >= 11 is 0. The molecule has 2 aromatic rings. The molecule has 3 rings (SSSR count). The second kappa shape index (κ2) is 7.10. The summed E-state index contributed by atoms with van der Waals surface area (Å²) in [5, 5.41) is 4.93. The molecule has 1 unspecified atom stereocenters. The van der Waals surface area contributed by atoms with Gasteiger partial charge in [0.15, 0.2) is 0 Å². The number of H-pyrrole nitrogens is 1. The molecule has 1 atom stereocenters. The van der Waals surface area contributed by atoms with Crippen molar-refractivity contribution in [2.75, 3.05) is 19.6 Å². The number of benzene rings is 1. The van der Waals surface area contributed by atoms with E-state index in [0.717, 1.165) is 19.1 Å². The van der Waals surface area contributed by atoms with E-state index in [0.29, 0.717) is 0 Å². The highest BCUT2D eigenvalue weighted by Gasteiger charge is 2.16. The summed E-state index contributed by atoms with van der Waals surface area (Å²) in [5.74, 6) is 0. The molecule has 1 saturated heterocycles. The molecule has 1 aliphatic heterocycles. The van der Waals surface area contributed by atoms with Crippen molar-refractivity contribution in [2.45, 2.75) is 45.2 Å². The van der Waals surface area contributed by atoms with Crippen molar-refractivity contribution in [1.29, 1.82) is 0 Å². The van der Waals surface area contributed by atoms with Crippen molar-refractivity contribution in [1.82, 2.24) is 15.2 Å². The Balaban J connectivity index is 1.40. The summed E-state index contributed by atoms with van der Waals surface area (Å²) in [6, 6.07) is 9.30. The van der Waals surface area contributed by atoms with Crippen LogP contribution in [0.2, 0.25) is 0 Å². The van der Waals surface area contributed by atoms with E-state index in [2.05, 4.69) is 52.6 Å². The zero-order chi connectivity index (χ0) is 14.5. The molecule has 0 bridgehead atoms. The van der Waals surface area contributed by atoms with Crippen molar-refractivity contribution in [3.05, 3.63) is 36.0 Å². The number of aromatic amines is 1. The standard InChI is InChI=1S/C18H27N3/c1-15-7-4-5-11-21(15)12-6-10-19-13-16-14-20-18-9-3-2-8-17(16)18/h2-3,8-9,14-15,19-20H,4-7,10-13H2,1H3. The molecule has 0 radical (unpaired) electrons. The summed E-state index contributed by atoms with van der Waals surface area (Å²) in [6.07, 6.45) is 7.55. The first kappa shape index (κ1) is 14.6. The SMILES string of the molecule is CC1CCCCN1CCCNCc1c[nH]c2ccccc12. The molecular weight excluding hydrogens is 258 g/mol. The van der Waals surface area contributed by atoms with Crippen molar-refractivity contribution in [3.8, 4) is 0 Å². The maximum atomic E-state index is 3.59. The predicted molar refractivity (Wildman–Crippen MR) is 89.5 cm³/mol. The van der Waals surface area contributed by atoms with E-state index in [9.17, 15) is 0 Å². The van der Waals surface area contributed by atoms with Crippen LogP contribution in [0.3, 0.4) is 0 Å². The summed E-state index contributed by atoms with van der Waals surface area (Å²) in [7, 11) is 0. The Labute approximate surface area is 127 Å². The van der Waals surface area contributed by atoms with Gasteiger partial charge >= 0.3 is 0 Å². The fourth-order valence-electron chi connectivity index (χ4n) is 3.40. The summed E-state index contributed by atoms with van der Waals surface area (Å²) in [4.78, 5) is 5.99. The van der Waals surface area contributed by atoms with E-state index in [1.54, 1.807) is 0 Å². The molecule has 0 amide bonds. The first-order valence-corrected chi connectivity index (χ1v) is 8.34. The quantitative estimate of drug-likeness (QED) is 0.796. The van der Waals surface area contributed by atoms with Gasteiger partial charge in [-0.15, -0.1) is 0 Å². The summed E-state index contributed by atoms with van der Waals surface area (Å²) in [5.41, 5.74) is 2.60. The maximum absolute atomic E-state index is 3.59. The lowest BCUT2D eigenvalue weighted by Gasteiger charge is -2.33. The predicted octanol–water partition coefficient (Wildman–Crippen LogP) is 3.52. The third kappa shape index (κ3) is 3.66. The number of para-hydroxylation sites is 1. The lowest BCUT2D eigenvalue weighted by atomic mass is 10.0. The van der Waals surface area contributed by atoms with E-state index < -0.39 is 0 Å². The highest BCUT2D eigenvalue weighted by atomic mass is 15.2. The molecule has 21 heavy (non-hydrogen) atoms. The highest BCUT2D eigenvalue weighted by molar-refractivity contribution is 5.82. The van der Waals surface area contributed by atoms with Gasteiger partial charge in [-0.05, 0) is 57.5 Å². The van der Waals surface area contributed by atoms with Crippen LogP contribution in [-0.2, 0) is 6.54 Å². The Morgan fingerprint density at radius 3 is 3.10 bits per heavy atom. The van der Waals surface area contributed by atoms with Gasteiger partial charge in [0, 0.05) is 29.7 Å². The Morgan fingerprint density at radius 2 is 2.19 bits per heavy atom. The molecular formula is C18H27N3. The van der Waals surface area contributed by atoms with Gasteiger partial charge in [0.25, 0.3) is 0 Å². The van der Waals surface area contributed by atoms with Crippen molar-refractivity contribution >= 4 is 10.9 Å². The smallest absolute Gasteiger partial charge is 0.0457 e. The van der Waals surface area contributed by atoms with E-state index in [-0.39, 0.29) is 0 Å². The van der Waals surface area contributed by atoms with Crippen LogP contribution >= 0.6 is 0 Å². The highest BCUT2D eigenvalue weighted by Crippen LogP contribution is 2.18. The fraction of sp³-hybridized carbons (Fsp3) is 0.556. The number of rotatable bonds is 6. The Bertz CT molecular complexity index is 560. The molecule has 3 nitrogen and oxygen atoms in total. The van der Waals surface area contributed by atoms with Crippen LogP contribution in [0, 0.1) is 0 Å². The van der Waals surface area contributed by atoms with Gasteiger partial charge in [-0.2, -0.15) is 0 Å². The van der Waals surface area contributed by atoms with Crippen molar-refractivity contribution in [3.63, 3.8) is 0 Å². The van der Waals surface area contributed by atoms with Gasteiger partial charge in [0.2, 0.25) is 0 Å². The molecule has 1 aromatic carbocycles. The number of likely N-dealkylation sites (tertiary alicyclic amines) is 1. The second-order valence-corrected chi connectivity index (χ2v) is 6.27. The van der Waals surface area contributed by atoms with E-state index in [1.165, 1.54) is 55.2 Å². The van der Waals surface area contributed by atoms with Gasteiger partial charge in [0.1, 0.15) is 0 Å². The van der Waals surface area contributed by atoms with E-state index >= 15 is 0 Å². The number of piperidine rings is 1. The molecule has 1 fully saturated rings. The lowest BCUT2D eigenvalue weighted by molar-refractivity contribution is 0.159. The molecule has 0 spiro atoms. The number of hydrogen-bond donors (Lipinski definition) is 2. The molecule has 0 saturated carbocycles. The molecule has 0 aliphatic carbocycles. The minimum Gasteiger partial charge on any atom is -0.361 e. The fourth-order valence-corrected chi connectivity index (χ4v) is 3.40. The van der Waals surface area contributed by atoms with Crippen LogP contribution in [0.1, 0.15) is 38.2 Å². The lowest BCUT2D eigenvalue weighted by Crippen LogP contribution is -2.38. The van der Waals surface area contributed by atoms with Crippen LogP contribution < -0.4 is 5.32 Å². The molecule has 1 aromatic heterocycles. The largest absolute Gasteiger partial charge is 0.361 e. The Kier molecular flexibility index (Phi) is 4.94. The van der Waals surface area contributed by atoms with Gasteiger partial charge in [-0.25, -0.2) is 0 Å². The van der Waals surface area contributed by atoms with Gasteiger partial charge in [-0.3, -0.25) is 0 Å². The van der Waals surface area contributed by atoms with Crippen LogP contribution in [0.5, 0.6) is 0 Å². The summed E-state index contributed by atoms with van der Waals surface area (Å²) in [6.45, 7) is 6.96. The average molecular weight is 285 g/mol. The first-order chi connectivity index (χ1) is 10.3. The third-order valence-electron chi connectivity index (χ3n) is 4.73. The van der Waals surface area contributed by atoms with E-state index in [1.807, 2.05) is 0 Å². The second-order valence-electron chi connectivity index (χ2n) is 6.27. The molecule has 2 heterocycles. The average Bonchev–Trinajstić information content (AvgIpc) is 2.92. The van der Waals surface area contributed by atoms with Crippen LogP contribution in [0.4, 0.5) is 0 Å². The number of aromatic nitrogens is 1. The van der Waals surface area contributed by atoms with Crippen molar-refractivity contribution in [2.24, 2.45) is 0 Å². The molecule has 114 valence electrons. The van der Waals surface area contributed by atoms with Crippen LogP contribution in [0.25, 0.3) is 10.9 Å². The number of nitrogens with one attached hydrogen (secondary N) is 2. The Hall–Kier alpha value is -1.32. The molecule has 2 N–H and O–H groups in total. The third-order valence-corrected chi connectivity index (χ3v) is 4.73. The Morgan fingerprint density at radius 1 is 1.29 bits per heavy atom. The summed E-state index contributed by atoms with van der Waals surface area (Å²) < 4.78 is 0. The van der Waals surface area contributed by atoms with Crippen molar-refractivity contribution < 1.29 is 0 Å². The minimum absolute atomic E-state index is 0.785. The first-order valence-electron chi connectivity index (χ1n) is 8.34. The molecule has 3 heteroatoms. The monoisotopic (exact) mass is 285 g/mol. The van der Waals surface area contributed by atoms with Crippen LogP contribution in [0.15, 0.2) is 30.5 Å². The van der Waals surface area contributed by atoms with Gasteiger partial charge in [0.05, 0.1) is 0 Å². The van der Waals surface area contributed by atoms with E-state index in [4.69, 9.17) is 0 Å². The minimum atomic E-state index is 0.785. The van der Waals surface area contributed by atoms with Crippen LogP contribution in [-0.4, -0.2) is 35.6 Å². The maximum Gasteiger partial charge on any atom is 0.0457 e. The number of hydrogen-bond acceptors (Lipinski definition) is 2. The van der Waals surface area contributed by atoms with Gasteiger partial charge < -0.3 is 15.2 Å². The molecule has 1 aliphatic rings. The normalized spacial score (nSPS) is 20.1. The number of fused-ring (bicyclic) bond motifs is 1.